The van der Waals surface area contributed by atoms with Crippen LogP contribution in [0.1, 0.15) is 19.4 Å². The molecule has 2 rings (SSSR count). The molecule has 1 atom stereocenters. The van der Waals surface area contributed by atoms with Gasteiger partial charge in [-0.2, -0.15) is 0 Å². The van der Waals surface area contributed by atoms with Crippen molar-refractivity contribution < 1.29 is 28.6 Å². The summed E-state index contributed by atoms with van der Waals surface area (Å²) in [4.78, 5) is 35.7. The summed E-state index contributed by atoms with van der Waals surface area (Å²) in [7, 11) is 0. The molecule has 1 aromatic rings. The van der Waals surface area contributed by atoms with Gasteiger partial charge >= 0.3 is 18.0 Å². The maximum absolute atomic E-state index is 12.1. The highest BCUT2D eigenvalue weighted by molar-refractivity contribution is 6.30. The molecular weight excluding hydrogens is 376 g/mol. The van der Waals surface area contributed by atoms with Gasteiger partial charge in [-0.25, -0.2) is 14.4 Å². The van der Waals surface area contributed by atoms with E-state index in [1.54, 1.807) is 39.0 Å². The van der Waals surface area contributed by atoms with E-state index in [-0.39, 0.29) is 31.1 Å². The van der Waals surface area contributed by atoms with Crippen LogP contribution in [0, 0.1) is 6.92 Å². The number of carbonyl (C=O) groups excluding carboxylic acids is 3. The lowest BCUT2D eigenvalue weighted by Crippen LogP contribution is -2.50. The van der Waals surface area contributed by atoms with Gasteiger partial charge in [0.05, 0.1) is 23.9 Å². The van der Waals surface area contributed by atoms with Crippen LogP contribution in [0.15, 0.2) is 29.5 Å². The van der Waals surface area contributed by atoms with Crippen molar-refractivity contribution in [3.8, 4) is 5.75 Å². The summed E-state index contributed by atoms with van der Waals surface area (Å²) in [5.74, 6) is -0.733. The van der Waals surface area contributed by atoms with E-state index in [0.29, 0.717) is 10.8 Å². The number of benzene rings is 1. The van der Waals surface area contributed by atoms with Crippen molar-refractivity contribution in [2.75, 3.05) is 19.8 Å². The van der Waals surface area contributed by atoms with E-state index in [4.69, 9.17) is 25.8 Å². The SMILES string of the molecule is CCOC(=O)C1=C(COC(=O)COc2ccc(Cl)cc2C)NC(=O)N[C@@H]1C. The fraction of sp³-hybridized carbons (Fsp3) is 0.389. The molecule has 0 bridgehead atoms. The van der Waals surface area contributed by atoms with Crippen LogP contribution in [0.4, 0.5) is 4.79 Å². The Morgan fingerprint density at radius 1 is 1.26 bits per heavy atom. The second kappa shape index (κ2) is 9.27. The van der Waals surface area contributed by atoms with Crippen molar-refractivity contribution >= 4 is 29.6 Å². The van der Waals surface area contributed by atoms with Crippen LogP contribution >= 0.6 is 11.6 Å². The van der Waals surface area contributed by atoms with Crippen molar-refractivity contribution in [3.63, 3.8) is 0 Å². The van der Waals surface area contributed by atoms with Gasteiger partial charge in [0.25, 0.3) is 0 Å². The zero-order valence-corrected chi connectivity index (χ0v) is 16.0. The van der Waals surface area contributed by atoms with Crippen LogP contribution in [0.3, 0.4) is 0 Å². The predicted octanol–water partition coefficient (Wildman–Crippen LogP) is 2.09. The second-order valence-electron chi connectivity index (χ2n) is 5.79. The first-order chi connectivity index (χ1) is 12.8. The Kier molecular flexibility index (Phi) is 7.06. The van der Waals surface area contributed by atoms with Gasteiger partial charge in [-0.3, -0.25) is 0 Å². The highest BCUT2D eigenvalue weighted by Gasteiger charge is 2.30. The van der Waals surface area contributed by atoms with Gasteiger partial charge < -0.3 is 24.8 Å². The summed E-state index contributed by atoms with van der Waals surface area (Å²) in [6.45, 7) is 4.69. The molecule has 0 aliphatic carbocycles. The Morgan fingerprint density at radius 2 is 2.00 bits per heavy atom. The molecule has 1 heterocycles. The average Bonchev–Trinajstić information content (AvgIpc) is 2.58. The quantitative estimate of drug-likeness (QED) is 0.684. The van der Waals surface area contributed by atoms with Crippen molar-refractivity contribution in [3.05, 3.63) is 40.1 Å². The number of halogens is 1. The molecule has 2 amide bonds. The molecule has 8 nitrogen and oxygen atoms in total. The lowest BCUT2D eigenvalue weighted by molar-refractivity contribution is -0.145. The lowest BCUT2D eigenvalue weighted by atomic mass is 10.0. The summed E-state index contributed by atoms with van der Waals surface area (Å²) in [5.41, 5.74) is 1.17. The van der Waals surface area contributed by atoms with Crippen LogP contribution in [-0.4, -0.2) is 43.8 Å². The van der Waals surface area contributed by atoms with Gasteiger partial charge in [-0.15, -0.1) is 0 Å². The minimum atomic E-state index is -0.652. The van der Waals surface area contributed by atoms with Gasteiger partial charge in [0.2, 0.25) is 0 Å². The van der Waals surface area contributed by atoms with E-state index < -0.39 is 24.0 Å². The Balaban J connectivity index is 1.99. The molecule has 0 radical (unpaired) electrons. The molecule has 0 unspecified atom stereocenters. The van der Waals surface area contributed by atoms with E-state index >= 15 is 0 Å². The Labute approximate surface area is 161 Å². The molecule has 27 heavy (non-hydrogen) atoms. The maximum Gasteiger partial charge on any atom is 0.344 e. The Hall–Kier alpha value is -2.74. The van der Waals surface area contributed by atoms with E-state index in [1.165, 1.54) is 0 Å². The molecule has 0 saturated carbocycles. The van der Waals surface area contributed by atoms with Crippen LogP contribution in [-0.2, 0) is 19.1 Å². The molecule has 0 fully saturated rings. The zero-order valence-electron chi connectivity index (χ0n) is 15.3. The number of nitrogens with one attached hydrogen (secondary N) is 2. The number of aryl methyl sites for hydroxylation is 1. The summed E-state index contributed by atoms with van der Waals surface area (Å²) < 4.78 is 15.5. The first kappa shape index (κ1) is 20.6. The van der Waals surface area contributed by atoms with Crippen molar-refractivity contribution in [1.29, 1.82) is 0 Å². The van der Waals surface area contributed by atoms with Crippen molar-refractivity contribution in [2.24, 2.45) is 0 Å². The van der Waals surface area contributed by atoms with Gasteiger partial charge in [0.1, 0.15) is 12.4 Å². The average molecular weight is 397 g/mol. The Morgan fingerprint density at radius 3 is 2.67 bits per heavy atom. The molecule has 1 aliphatic heterocycles. The number of urea groups is 1. The number of ether oxygens (including phenoxy) is 3. The summed E-state index contributed by atoms with van der Waals surface area (Å²) in [5, 5.41) is 5.60. The summed E-state index contributed by atoms with van der Waals surface area (Å²) >= 11 is 5.87. The first-order valence-electron chi connectivity index (χ1n) is 8.34. The number of amides is 2. The van der Waals surface area contributed by atoms with E-state index in [2.05, 4.69) is 10.6 Å². The molecule has 1 aliphatic rings. The number of hydrogen-bond acceptors (Lipinski definition) is 6. The topological polar surface area (TPSA) is 103 Å². The Bertz CT molecular complexity index is 777. The smallest absolute Gasteiger partial charge is 0.344 e. The number of rotatable bonds is 7. The third kappa shape index (κ3) is 5.62. The zero-order chi connectivity index (χ0) is 20.0. The fourth-order valence-electron chi connectivity index (χ4n) is 2.50. The highest BCUT2D eigenvalue weighted by Crippen LogP contribution is 2.21. The van der Waals surface area contributed by atoms with Crippen LogP contribution in [0.2, 0.25) is 5.02 Å². The van der Waals surface area contributed by atoms with Crippen LogP contribution < -0.4 is 15.4 Å². The second-order valence-corrected chi connectivity index (χ2v) is 6.23. The molecule has 0 aromatic heterocycles. The van der Waals surface area contributed by atoms with Crippen LogP contribution in [0.25, 0.3) is 0 Å². The third-order valence-corrected chi connectivity index (χ3v) is 3.96. The van der Waals surface area contributed by atoms with E-state index in [9.17, 15) is 14.4 Å². The van der Waals surface area contributed by atoms with Crippen molar-refractivity contribution in [1.82, 2.24) is 10.6 Å². The van der Waals surface area contributed by atoms with E-state index in [1.807, 2.05) is 0 Å². The van der Waals surface area contributed by atoms with Gasteiger partial charge in [-0.05, 0) is 44.5 Å². The molecule has 2 N–H and O–H groups in total. The first-order valence-corrected chi connectivity index (χ1v) is 8.71. The molecule has 1 aromatic carbocycles. The third-order valence-electron chi connectivity index (χ3n) is 3.73. The van der Waals surface area contributed by atoms with Gasteiger partial charge in [0, 0.05) is 5.02 Å². The standard InChI is InChI=1S/C18H21ClN2O6/c1-4-25-17(23)16-11(3)20-18(24)21-13(16)8-27-15(22)9-26-14-6-5-12(19)7-10(14)2/h5-7,11H,4,8-9H2,1-3H3,(H2,20,21,24)/t11-/m1/s1. The predicted molar refractivity (Wildman–Crippen MR) is 97.4 cm³/mol. The molecule has 0 saturated heterocycles. The van der Waals surface area contributed by atoms with Crippen molar-refractivity contribution in [2.45, 2.75) is 26.8 Å². The number of hydrogen-bond donors (Lipinski definition) is 2. The summed E-state index contributed by atoms with van der Waals surface area (Å²) in [6.07, 6.45) is 0. The molecule has 146 valence electrons. The number of esters is 2. The highest BCUT2D eigenvalue weighted by atomic mass is 35.5. The van der Waals surface area contributed by atoms with Gasteiger partial charge in [-0.1, -0.05) is 11.6 Å². The number of carbonyl (C=O) groups is 3. The largest absolute Gasteiger partial charge is 0.482 e. The lowest BCUT2D eigenvalue weighted by Gasteiger charge is -2.26. The van der Waals surface area contributed by atoms with E-state index in [0.717, 1.165) is 5.56 Å². The normalized spacial score (nSPS) is 16.3. The van der Waals surface area contributed by atoms with Crippen LogP contribution in [0.5, 0.6) is 5.75 Å². The summed E-state index contributed by atoms with van der Waals surface area (Å²) in [6, 6.07) is 3.96. The molecule has 0 spiro atoms. The maximum atomic E-state index is 12.1. The fourth-order valence-corrected chi connectivity index (χ4v) is 2.73. The molecular formula is C18H21ClN2O6. The minimum Gasteiger partial charge on any atom is -0.482 e. The molecule has 9 heteroatoms. The monoisotopic (exact) mass is 396 g/mol. The minimum absolute atomic E-state index is 0.181. The van der Waals surface area contributed by atoms with Gasteiger partial charge in [0.15, 0.2) is 6.61 Å².